The molecule has 1 aliphatic carbocycles. The first-order chi connectivity index (χ1) is 11.2. The molecule has 0 saturated heterocycles. The number of carbonyl (C=O) groups is 2. The van der Waals surface area contributed by atoms with Crippen molar-refractivity contribution in [1.29, 1.82) is 0 Å². The van der Waals surface area contributed by atoms with Crippen molar-refractivity contribution in [2.75, 3.05) is 13.2 Å². The molecule has 3 rings (SSSR count). The van der Waals surface area contributed by atoms with Crippen LogP contribution in [-0.4, -0.2) is 30.0 Å². The molecule has 1 saturated carbocycles. The Morgan fingerprint density at radius 2 is 2.09 bits per heavy atom. The third-order valence-corrected chi connectivity index (χ3v) is 5.01. The third kappa shape index (κ3) is 4.28. The summed E-state index contributed by atoms with van der Waals surface area (Å²) >= 11 is 1.47. The lowest BCUT2D eigenvalue weighted by Crippen LogP contribution is -2.33. The van der Waals surface area contributed by atoms with Gasteiger partial charge < -0.3 is 10.1 Å². The number of hydrogen-bond acceptors (Lipinski definition) is 5. The summed E-state index contributed by atoms with van der Waals surface area (Å²) in [7, 11) is 0. The molecule has 6 heteroatoms. The van der Waals surface area contributed by atoms with Crippen LogP contribution in [0.5, 0.6) is 0 Å². The lowest BCUT2D eigenvalue weighted by Gasteiger charge is -2.21. The van der Waals surface area contributed by atoms with Crippen molar-refractivity contribution in [3.05, 3.63) is 29.3 Å². The van der Waals surface area contributed by atoms with Gasteiger partial charge in [-0.15, -0.1) is 11.3 Å². The lowest BCUT2D eigenvalue weighted by atomic mass is 9.89. The molecule has 0 aliphatic heterocycles. The number of carbonyl (C=O) groups excluding carboxylic acids is 2. The fourth-order valence-electron chi connectivity index (χ4n) is 2.90. The van der Waals surface area contributed by atoms with E-state index in [4.69, 9.17) is 4.74 Å². The van der Waals surface area contributed by atoms with Crippen molar-refractivity contribution in [2.24, 2.45) is 5.92 Å². The van der Waals surface area contributed by atoms with Crippen LogP contribution in [0, 0.1) is 5.92 Å². The predicted octanol–water partition coefficient (Wildman–Crippen LogP) is 3.15. The molecule has 0 atom stereocenters. The second-order valence-electron chi connectivity index (χ2n) is 5.92. The molecule has 0 radical (unpaired) electrons. The fourth-order valence-corrected chi connectivity index (χ4v) is 3.61. The molecular formula is C17H20N2O3S. The van der Waals surface area contributed by atoms with Crippen molar-refractivity contribution in [2.45, 2.75) is 32.1 Å². The number of thiazole rings is 1. The van der Waals surface area contributed by atoms with Crippen LogP contribution in [0.1, 0.15) is 42.5 Å². The number of aromatic nitrogens is 1. The number of ether oxygens (including phenoxy) is 1. The van der Waals surface area contributed by atoms with Gasteiger partial charge in [0.25, 0.3) is 5.91 Å². The van der Waals surface area contributed by atoms with Gasteiger partial charge in [-0.3, -0.25) is 4.79 Å². The van der Waals surface area contributed by atoms with E-state index in [0.29, 0.717) is 18.0 Å². The molecule has 1 N–H and O–H groups in total. The Hall–Kier alpha value is -1.95. The zero-order valence-electron chi connectivity index (χ0n) is 12.9. The molecule has 2 aromatic rings. The van der Waals surface area contributed by atoms with Crippen molar-refractivity contribution in [3.8, 4) is 0 Å². The lowest BCUT2D eigenvalue weighted by molar-refractivity contribution is -0.124. The van der Waals surface area contributed by atoms with Gasteiger partial charge >= 0.3 is 5.97 Å². The Kier molecular flexibility index (Phi) is 5.23. The molecular weight excluding hydrogens is 312 g/mol. The Balaban J connectivity index is 1.45. The van der Waals surface area contributed by atoms with E-state index in [1.165, 1.54) is 43.4 Å². The highest BCUT2D eigenvalue weighted by molar-refractivity contribution is 7.16. The van der Waals surface area contributed by atoms with Gasteiger partial charge in [0, 0.05) is 6.54 Å². The number of esters is 1. The Bertz CT molecular complexity index is 692. The highest BCUT2D eigenvalue weighted by atomic mass is 32.1. The van der Waals surface area contributed by atoms with E-state index >= 15 is 0 Å². The summed E-state index contributed by atoms with van der Waals surface area (Å²) in [5.41, 5.74) is 3.04. The topological polar surface area (TPSA) is 68.3 Å². The average molecular weight is 332 g/mol. The van der Waals surface area contributed by atoms with E-state index in [0.717, 1.165) is 10.2 Å². The number of nitrogens with one attached hydrogen (secondary N) is 1. The van der Waals surface area contributed by atoms with Crippen LogP contribution in [0.15, 0.2) is 23.7 Å². The van der Waals surface area contributed by atoms with Gasteiger partial charge in [0.05, 0.1) is 21.3 Å². The Morgan fingerprint density at radius 1 is 1.26 bits per heavy atom. The molecule has 1 aromatic carbocycles. The summed E-state index contributed by atoms with van der Waals surface area (Å²) in [6.45, 7) is 0.454. The maximum absolute atomic E-state index is 12.0. The van der Waals surface area contributed by atoms with E-state index in [2.05, 4.69) is 10.3 Å². The minimum atomic E-state index is -0.479. The van der Waals surface area contributed by atoms with Crippen LogP contribution in [0.4, 0.5) is 0 Å². The predicted molar refractivity (Wildman–Crippen MR) is 89.5 cm³/mol. The maximum Gasteiger partial charge on any atom is 0.338 e. The molecule has 23 heavy (non-hydrogen) atoms. The summed E-state index contributed by atoms with van der Waals surface area (Å²) in [5, 5.41) is 2.86. The van der Waals surface area contributed by atoms with E-state index in [-0.39, 0.29) is 12.5 Å². The zero-order chi connectivity index (χ0) is 16.1. The van der Waals surface area contributed by atoms with E-state index in [1.807, 2.05) is 0 Å². The fraction of sp³-hybridized carbons (Fsp3) is 0.471. The molecule has 0 unspecified atom stereocenters. The van der Waals surface area contributed by atoms with Gasteiger partial charge in [-0.2, -0.15) is 0 Å². The number of nitrogens with zero attached hydrogens (tertiary/aromatic N) is 1. The van der Waals surface area contributed by atoms with E-state index < -0.39 is 5.97 Å². The van der Waals surface area contributed by atoms with Gasteiger partial charge in [-0.05, 0) is 37.0 Å². The van der Waals surface area contributed by atoms with Gasteiger partial charge in [-0.1, -0.05) is 19.3 Å². The van der Waals surface area contributed by atoms with Crippen LogP contribution in [0.25, 0.3) is 10.2 Å². The smallest absolute Gasteiger partial charge is 0.338 e. The van der Waals surface area contributed by atoms with Crippen LogP contribution in [-0.2, 0) is 9.53 Å². The number of hydrogen-bond donors (Lipinski definition) is 1. The highest BCUT2D eigenvalue weighted by Gasteiger charge is 2.15. The monoisotopic (exact) mass is 332 g/mol. The van der Waals surface area contributed by atoms with Crippen molar-refractivity contribution >= 4 is 33.4 Å². The van der Waals surface area contributed by atoms with Gasteiger partial charge in [0.2, 0.25) is 0 Å². The summed E-state index contributed by atoms with van der Waals surface area (Å²) in [4.78, 5) is 28.0. The van der Waals surface area contributed by atoms with Gasteiger partial charge in [0.15, 0.2) is 6.61 Å². The Morgan fingerprint density at radius 3 is 2.91 bits per heavy atom. The average Bonchev–Trinajstić information content (AvgIpc) is 3.06. The first-order valence-corrected chi connectivity index (χ1v) is 8.87. The van der Waals surface area contributed by atoms with Crippen molar-refractivity contribution in [3.63, 3.8) is 0 Å². The molecule has 0 bridgehead atoms. The number of amides is 1. The second kappa shape index (κ2) is 7.55. The minimum Gasteiger partial charge on any atom is -0.452 e. The van der Waals surface area contributed by atoms with E-state index in [9.17, 15) is 9.59 Å². The Labute approximate surface area is 139 Å². The molecule has 1 amide bonds. The second-order valence-corrected chi connectivity index (χ2v) is 6.81. The zero-order valence-corrected chi connectivity index (χ0v) is 13.7. The largest absolute Gasteiger partial charge is 0.452 e. The summed E-state index contributed by atoms with van der Waals surface area (Å²) in [5.74, 6) is -0.145. The molecule has 122 valence electrons. The molecule has 1 heterocycles. The van der Waals surface area contributed by atoms with Crippen LogP contribution >= 0.6 is 11.3 Å². The molecule has 5 nitrogen and oxygen atoms in total. The summed E-state index contributed by atoms with van der Waals surface area (Å²) in [6.07, 6.45) is 6.14. The van der Waals surface area contributed by atoms with Crippen LogP contribution in [0.3, 0.4) is 0 Å². The standard InChI is InChI=1S/C17H20N2O3S/c20-16(18-9-12-4-2-1-3-5-12)10-22-17(21)13-6-7-14-15(8-13)23-11-19-14/h6-8,11-12H,1-5,9-10H2,(H,18,20). The van der Waals surface area contributed by atoms with Crippen LogP contribution < -0.4 is 5.32 Å². The number of benzene rings is 1. The number of fused-ring (bicyclic) bond motifs is 1. The summed E-state index contributed by atoms with van der Waals surface area (Å²) in [6, 6.07) is 5.20. The first-order valence-electron chi connectivity index (χ1n) is 7.99. The molecule has 1 fully saturated rings. The number of rotatable bonds is 5. The van der Waals surface area contributed by atoms with Gasteiger partial charge in [0.1, 0.15) is 0 Å². The van der Waals surface area contributed by atoms with Gasteiger partial charge in [-0.25, -0.2) is 9.78 Å². The highest BCUT2D eigenvalue weighted by Crippen LogP contribution is 2.22. The maximum atomic E-state index is 12.0. The molecule has 1 aromatic heterocycles. The molecule has 1 aliphatic rings. The quantitative estimate of drug-likeness (QED) is 0.854. The first kappa shape index (κ1) is 15.9. The SMILES string of the molecule is O=C(COC(=O)c1ccc2ncsc2c1)NCC1CCCCC1. The summed E-state index contributed by atoms with van der Waals surface area (Å²) < 4.78 is 6.02. The van der Waals surface area contributed by atoms with Crippen molar-refractivity contribution < 1.29 is 14.3 Å². The van der Waals surface area contributed by atoms with Crippen LogP contribution in [0.2, 0.25) is 0 Å². The third-order valence-electron chi connectivity index (χ3n) is 4.21. The van der Waals surface area contributed by atoms with Crippen molar-refractivity contribution in [1.82, 2.24) is 10.3 Å². The normalized spacial score (nSPS) is 15.5. The molecule has 0 spiro atoms. The van der Waals surface area contributed by atoms with E-state index in [1.54, 1.807) is 23.7 Å². The minimum absolute atomic E-state index is 0.230.